The summed E-state index contributed by atoms with van der Waals surface area (Å²) in [5.41, 5.74) is 1.30. The maximum Gasteiger partial charge on any atom is 0.260 e. The molecule has 4 rings (SSSR count). The molecule has 3 heterocycles. The molecular weight excluding hydrogens is 316 g/mol. The maximum atomic E-state index is 12.5. The van der Waals surface area contributed by atoms with Gasteiger partial charge in [-0.15, -0.1) is 11.3 Å². The summed E-state index contributed by atoms with van der Waals surface area (Å²) in [4.78, 5) is 22.4. The van der Waals surface area contributed by atoms with E-state index in [0.717, 1.165) is 47.0 Å². The highest BCUT2D eigenvalue weighted by molar-refractivity contribution is 7.99. The van der Waals surface area contributed by atoms with Gasteiger partial charge in [-0.05, 0) is 50.5 Å². The Morgan fingerprint density at radius 3 is 3.05 bits per heavy atom. The number of nitrogens with one attached hydrogen (secondary N) is 1. The second-order valence-electron chi connectivity index (χ2n) is 6.06. The first-order chi connectivity index (χ1) is 10.8. The molecule has 0 radical (unpaired) electrons. The van der Waals surface area contributed by atoms with Gasteiger partial charge in [0.2, 0.25) is 0 Å². The zero-order valence-corrected chi connectivity index (χ0v) is 14.2. The number of aryl methyl sites for hydroxylation is 2. The van der Waals surface area contributed by atoms with Crippen molar-refractivity contribution in [2.75, 3.05) is 12.4 Å². The number of H-pyrrole nitrogens is 1. The Balaban J connectivity index is 1.58. The topological polar surface area (TPSA) is 55.0 Å². The van der Waals surface area contributed by atoms with E-state index in [1.165, 1.54) is 36.1 Å². The van der Waals surface area contributed by atoms with E-state index in [-0.39, 0.29) is 5.56 Å². The van der Waals surface area contributed by atoms with Gasteiger partial charge in [0.05, 0.1) is 11.5 Å². The van der Waals surface area contributed by atoms with Crippen LogP contribution in [0.2, 0.25) is 0 Å². The molecule has 1 aliphatic carbocycles. The highest BCUT2D eigenvalue weighted by Gasteiger charge is 2.20. The van der Waals surface area contributed by atoms with Crippen LogP contribution in [-0.4, -0.2) is 28.4 Å². The van der Waals surface area contributed by atoms with Crippen LogP contribution in [0.1, 0.15) is 42.5 Å². The number of aromatic nitrogens is 2. The van der Waals surface area contributed by atoms with Gasteiger partial charge in [0.25, 0.3) is 5.56 Å². The van der Waals surface area contributed by atoms with Gasteiger partial charge < -0.3 is 9.72 Å². The summed E-state index contributed by atoms with van der Waals surface area (Å²) >= 11 is 3.33. The minimum Gasteiger partial charge on any atom is -0.377 e. The molecule has 4 nitrogen and oxygen atoms in total. The number of hydrogen-bond acceptors (Lipinski definition) is 5. The van der Waals surface area contributed by atoms with E-state index in [1.54, 1.807) is 23.1 Å². The van der Waals surface area contributed by atoms with Gasteiger partial charge in [-0.2, -0.15) is 0 Å². The first-order valence-electron chi connectivity index (χ1n) is 8.10. The third kappa shape index (κ3) is 2.84. The third-order valence-electron chi connectivity index (χ3n) is 4.48. The molecule has 0 bridgehead atoms. The standard InChI is InChI=1S/C16H20N2O2S2/c19-14-13-11-6-1-2-7-12(11)22-15(13)18-16(17-14)21-9-10-5-3-4-8-20-10/h10H,1-9H2,(H,17,18,19)/t10-/m0/s1. The van der Waals surface area contributed by atoms with E-state index in [1.807, 2.05) is 0 Å². The first kappa shape index (κ1) is 14.7. The Bertz CT molecular complexity index is 732. The van der Waals surface area contributed by atoms with Gasteiger partial charge in [0, 0.05) is 17.2 Å². The zero-order chi connectivity index (χ0) is 14.9. The summed E-state index contributed by atoms with van der Waals surface area (Å²) in [6, 6.07) is 0. The van der Waals surface area contributed by atoms with E-state index in [4.69, 9.17) is 9.72 Å². The molecule has 2 aliphatic rings. The number of rotatable bonds is 3. The van der Waals surface area contributed by atoms with Crippen molar-refractivity contribution in [3.8, 4) is 0 Å². The summed E-state index contributed by atoms with van der Waals surface area (Å²) in [5, 5.41) is 1.59. The fourth-order valence-electron chi connectivity index (χ4n) is 3.32. The SMILES string of the molecule is O=c1[nH]c(SC[C@@H]2CCCCO2)nc2sc3c(c12)CCCC3. The largest absolute Gasteiger partial charge is 0.377 e. The molecule has 2 aromatic rings. The van der Waals surface area contributed by atoms with Crippen molar-refractivity contribution in [2.24, 2.45) is 0 Å². The maximum absolute atomic E-state index is 12.5. The number of thiophene rings is 1. The highest BCUT2D eigenvalue weighted by atomic mass is 32.2. The minimum atomic E-state index is 0.0384. The molecule has 22 heavy (non-hydrogen) atoms. The van der Waals surface area contributed by atoms with Crippen LogP contribution in [0.15, 0.2) is 9.95 Å². The third-order valence-corrected chi connectivity index (χ3v) is 6.67. The lowest BCUT2D eigenvalue weighted by molar-refractivity contribution is 0.0315. The quantitative estimate of drug-likeness (QED) is 0.688. The number of fused-ring (bicyclic) bond motifs is 3. The van der Waals surface area contributed by atoms with E-state index in [2.05, 4.69) is 4.98 Å². The average molecular weight is 336 g/mol. The molecule has 1 fully saturated rings. The van der Waals surface area contributed by atoms with E-state index >= 15 is 0 Å². The molecule has 0 saturated carbocycles. The molecule has 1 aliphatic heterocycles. The number of aromatic amines is 1. The van der Waals surface area contributed by atoms with Crippen molar-refractivity contribution in [3.63, 3.8) is 0 Å². The van der Waals surface area contributed by atoms with Crippen LogP contribution in [0, 0.1) is 0 Å². The Kier molecular flexibility index (Phi) is 4.24. The zero-order valence-electron chi connectivity index (χ0n) is 12.5. The average Bonchev–Trinajstić information content (AvgIpc) is 2.92. The van der Waals surface area contributed by atoms with Gasteiger partial charge in [-0.1, -0.05) is 11.8 Å². The molecular formula is C16H20N2O2S2. The lowest BCUT2D eigenvalue weighted by atomic mass is 9.97. The van der Waals surface area contributed by atoms with Crippen LogP contribution < -0.4 is 5.56 Å². The van der Waals surface area contributed by atoms with Crippen LogP contribution in [0.3, 0.4) is 0 Å². The molecule has 6 heteroatoms. The summed E-state index contributed by atoms with van der Waals surface area (Å²) in [5.74, 6) is 0.875. The van der Waals surface area contributed by atoms with Crippen LogP contribution in [0.4, 0.5) is 0 Å². The van der Waals surface area contributed by atoms with E-state index in [0.29, 0.717) is 6.10 Å². The molecule has 0 aromatic carbocycles. The van der Waals surface area contributed by atoms with Gasteiger partial charge in [-0.25, -0.2) is 4.98 Å². The van der Waals surface area contributed by atoms with Crippen molar-refractivity contribution in [2.45, 2.75) is 56.2 Å². The van der Waals surface area contributed by atoms with Crippen molar-refractivity contribution < 1.29 is 4.74 Å². The van der Waals surface area contributed by atoms with Crippen molar-refractivity contribution in [3.05, 3.63) is 20.8 Å². The summed E-state index contributed by atoms with van der Waals surface area (Å²) < 4.78 is 5.75. The second kappa shape index (κ2) is 6.34. The Morgan fingerprint density at radius 1 is 1.27 bits per heavy atom. The molecule has 2 aromatic heterocycles. The van der Waals surface area contributed by atoms with Gasteiger partial charge >= 0.3 is 0 Å². The van der Waals surface area contributed by atoms with Crippen molar-refractivity contribution in [1.29, 1.82) is 0 Å². The molecule has 0 unspecified atom stereocenters. The predicted molar refractivity (Wildman–Crippen MR) is 91.2 cm³/mol. The Labute approximate surface area is 137 Å². The summed E-state index contributed by atoms with van der Waals surface area (Å²) in [6.07, 6.45) is 8.39. The normalized spacial score (nSPS) is 21.9. The number of hydrogen-bond donors (Lipinski definition) is 1. The lowest BCUT2D eigenvalue weighted by Gasteiger charge is -2.21. The summed E-state index contributed by atoms with van der Waals surface area (Å²) in [7, 11) is 0. The monoisotopic (exact) mass is 336 g/mol. The molecule has 0 amide bonds. The number of thioether (sulfide) groups is 1. The first-order valence-corrected chi connectivity index (χ1v) is 9.90. The van der Waals surface area contributed by atoms with Crippen LogP contribution in [0.25, 0.3) is 10.2 Å². The highest BCUT2D eigenvalue weighted by Crippen LogP contribution is 2.34. The molecule has 0 spiro atoms. The number of nitrogens with zero attached hydrogens (tertiary/aromatic N) is 1. The molecule has 1 atom stereocenters. The molecule has 118 valence electrons. The molecule has 1 N–H and O–H groups in total. The fraction of sp³-hybridized carbons (Fsp3) is 0.625. The fourth-order valence-corrected chi connectivity index (χ4v) is 5.57. The van der Waals surface area contributed by atoms with Crippen molar-refractivity contribution >= 4 is 33.3 Å². The lowest BCUT2D eigenvalue weighted by Crippen LogP contribution is -2.21. The smallest absolute Gasteiger partial charge is 0.260 e. The predicted octanol–water partition coefficient (Wildman–Crippen LogP) is 3.52. The van der Waals surface area contributed by atoms with E-state index < -0.39 is 0 Å². The summed E-state index contributed by atoms with van der Waals surface area (Å²) in [6.45, 7) is 0.867. The van der Waals surface area contributed by atoms with Gasteiger partial charge in [-0.3, -0.25) is 4.79 Å². The Morgan fingerprint density at radius 2 is 2.18 bits per heavy atom. The van der Waals surface area contributed by atoms with Crippen LogP contribution in [0.5, 0.6) is 0 Å². The van der Waals surface area contributed by atoms with Gasteiger partial charge in [0.15, 0.2) is 5.16 Å². The van der Waals surface area contributed by atoms with Crippen LogP contribution >= 0.6 is 23.1 Å². The second-order valence-corrected chi connectivity index (χ2v) is 8.15. The van der Waals surface area contributed by atoms with Crippen LogP contribution in [-0.2, 0) is 17.6 Å². The Hall–Kier alpha value is -0.850. The molecule has 1 saturated heterocycles. The van der Waals surface area contributed by atoms with Crippen molar-refractivity contribution in [1.82, 2.24) is 9.97 Å². The van der Waals surface area contributed by atoms with E-state index in [9.17, 15) is 4.79 Å². The number of ether oxygens (including phenoxy) is 1. The minimum absolute atomic E-state index is 0.0384. The van der Waals surface area contributed by atoms with Gasteiger partial charge in [0.1, 0.15) is 4.83 Å².